The van der Waals surface area contributed by atoms with Crippen LogP contribution in [-0.2, 0) is 27.0 Å². The van der Waals surface area contributed by atoms with Crippen LogP contribution in [0, 0.1) is 0 Å². The molecule has 1 atom stereocenters. The van der Waals surface area contributed by atoms with E-state index in [0.29, 0.717) is 46.0 Å². The van der Waals surface area contributed by atoms with Gasteiger partial charge in [-0.05, 0) is 24.1 Å². The molecule has 0 spiro atoms. The predicted octanol–water partition coefficient (Wildman–Crippen LogP) is 2.16. The van der Waals surface area contributed by atoms with E-state index in [4.69, 9.17) is 9.47 Å². The first-order chi connectivity index (χ1) is 12.4. The number of hydrogen-bond donors (Lipinski definition) is 0. The van der Waals surface area contributed by atoms with Crippen LogP contribution in [0.2, 0.25) is 0 Å². The average Bonchev–Trinajstić information content (AvgIpc) is 2.87. The summed E-state index contributed by atoms with van der Waals surface area (Å²) in [4.78, 5) is 16.5. The lowest BCUT2D eigenvalue weighted by molar-refractivity contribution is -0.157. The topological polar surface area (TPSA) is 42.0 Å². The predicted molar refractivity (Wildman–Crippen MR) is 88.5 cm³/mol. The van der Waals surface area contributed by atoms with Crippen LogP contribution >= 0.6 is 0 Å². The number of carbonyl (C=O) groups excluding carboxylic acids is 1. The summed E-state index contributed by atoms with van der Waals surface area (Å²) in [7, 11) is 0. The van der Waals surface area contributed by atoms with E-state index >= 15 is 0 Å². The summed E-state index contributed by atoms with van der Waals surface area (Å²) < 4.78 is 48.7. The zero-order valence-corrected chi connectivity index (χ0v) is 14.5. The number of hydrogen-bond acceptors (Lipinski definition) is 4. The maximum Gasteiger partial charge on any atom is 0.416 e. The van der Waals surface area contributed by atoms with Gasteiger partial charge in [0.25, 0.3) is 5.91 Å². The van der Waals surface area contributed by atoms with Crippen molar-refractivity contribution in [1.82, 2.24) is 9.80 Å². The number of carbonyl (C=O) groups is 1. The summed E-state index contributed by atoms with van der Waals surface area (Å²) in [6, 6.07) is 5.26. The second kappa shape index (κ2) is 8.37. The van der Waals surface area contributed by atoms with Gasteiger partial charge in [-0.3, -0.25) is 9.69 Å². The van der Waals surface area contributed by atoms with E-state index < -0.39 is 17.8 Å². The smallest absolute Gasteiger partial charge is 0.376 e. The summed E-state index contributed by atoms with van der Waals surface area (Å²) in [6.45, 7) is 4.54. The second-order valence-electron chi connectivity index (χ2n) is 6.58. The molecule has 2 heterocycles. The van der Waals surface area contributed by atoms with Crippen molar-refractivity contribution in [2.45, 2.75) is 25.2 Å². The van der Waals surface area contributed by atoms with Gasteiger partial charge in [-0.25, -0.2) is 0 Å². The van der Waals surface area contributed by atoms with Crippen LogP contribution in [0.25, 0.3) is 0 Å². The Balaban J connectivity index is 1.52. The van der Waals surface area contributed by atoms with E-state index in [0.717, 1.165) is 30.7 Å². The van der Waals surface area contributed by atoms with E-state index in [1.807, 2.05) is 0 Å². The summed E-state index contributed by atoms with van der Waals surface area (Å²) >= 11 is 0. The van der Waals surface area contributed by atoms with Crippen molar-refractivity contribution in [2.75, 3.05) is 46.0 Å². The maximum atomic E-state index is 12.6. The quantitative estimate of drug-likeness (QED) is 0.816. The molecule has 2 aliphatic rings. The standard InChI is InChI=1S/C18H23F3N2O3/c19-18(20,21)15-4-2-14(3-5-15)12-22-6-1-7-23(9-8-22)17(24)16-13-25-10-11-26-16/h2-5,16H,1,6-13H2. The van der Waals surface area contributed by atoms with E-state index in [1.165, 1.54) is 12.1 Å². The molecule has 1 aromatic carbocycles. The van der Waals surface area contributed by atoms with Crippen molar-refractivity contribution in [2.24, 2.45) is 0 Å². The van der Waals surface area contributed by atoms with E-state index in [2.05, 4.69) is 4.90 Å². The molecular weight excluding hydrogens is 349 g/mol. The molecule has 1 aromatic rings. The van der Waals surface area contributed by atoms with E-state index in [-0.39, 0.29) is 5.91 Å². The molecule has 2 aliphatic heterocycles. The van der Waals surface area contributed by atoms with Gasteiger partial charge >= 0.3 is 6.18 Å². The number of rotatable bonds is 3. The lowest BCUT2D eigenvalue weighted by Crippen LogP contribution is -2.46. The van der Waals surface area contributed by atoms with Gasteiger partial charge in [0.1, 0.15) is 0 Å². The third-order valence-corrected chi connectivity index (χ3v) is 4.68. The molecular formula is C18H23F3N2O3. The fraction of sp³-hybridized carbons (Fsp3) is 0.611. The van der Waals surface area contributed by atoms with Gasteiger partial charge in [-0.2, -0.15) is 13.2 Å². The largest absolute Gasteiger partial charge is 0.416 e. The Bertz CT molecular complexity index is 601. The van der Waals surface area contributed by atoms with Crippen LogP contribution in [0.1, 0.15) is 17.5 Å². The Morgan fingerprint density at radius 1 is 1.08 bits per heavy atom. The average molecular weight is 372 g/mol. The molecule has 0 aromatic heterocycles. The first kappa shape index (κ1) is 19.1. The van der Waals surface area contributed by atoms with Crippen molar-refractivity contribution < 1.29 is 27.4 Å². The Hall–Kier alpha value is -1.64. The lowest BCUT2D eigenvalue weighted by atomic mass is 10.1. The number of halogens is 3. The molecule has 0 aliphatic carbocycles. The Kier molecular flexibility index (Phi) is 6.16. The van der Waals surface area contributed by atoms with Crippen LogP contribution in [0.5, 0.6) is 0 Å². The molecule has 2 saturated heterocycles. The maximum absolute atomic E-state index is 12.6. The fourth-order valence-corrected chi connectivity index (χ4v) is 3.24. The zero-order chi connectivity index (χ0) is 18.6. The highest BCUT2D eigenvalue weighted by Gasteiger charge is 2.30. The number of ether oxygens (including phenoxy) is 2. The number of nitrogens with zero attached hydrogens (tertiary/aromatic N) is 2. The van der Waals surface area contributed by atoms with Crippen molar-refractivity contribution in [3.8, 4) is 0 Å². The molecule has 5 nitrogen and oxygen atoms in total. The van der Waals surface area contributed by atoms with Gasteiger partial charge in [-0.15, -0.1) is 0 Å². The van der Waals surface area contributed by atoms with Gasteiger partial charge in [0.2, 0.25) is 0 Å². The molecule has 1 amide bonds. The fourth-order valence-electron chi connectivity index (χ4n) is 3.24. The minimum atomic E-state index is -4.31. The number of amides is 1. The summed E-state index contributed by atoms with van der Waals surface area (Å²) in [5, 5.41) is 0. The SMILES string of the molecule is O=C(C1COCCO1)N1CCCN(Cc2ccc(C(F)(F)F)cc2)CC1. The van der Waals surface area contributed by atoms with Crippen LogP contribution in [0.4, 0.5) is 13.2 Å². The minimum Gasteiger partial charge on any atom is -0.376 e. The molecule has 1 unspecified atom stereocenters. The normalized spacial score (nSPS) is 22.9. The first-order valence-electron chi connectivity index (χ1n) is 8.80. The Morgan fingerprint density at radius 3 is 2.50 bits per heavy atom. The number of alkyl halides is 3. The van der Waals surface area contributed by atoms with Gasteiger partial charge in [0, 0.05) is 32.7 Å². The summed E-state index contributed by atoms with van der Waals surface area (Å²) in [5.74, 6) is -0.0407. The van der Waals surface area contributed by atoms with Crippen molar-refractivity contribution >= 4 is 5.91 Å². The highest BCUT2D eigenvalue weighted by molar-refractivity contribution is 5.81. The molecule has 8 heteroatoms. The Morgan fingerprint density at radius 2 is 1.85 bits per heavy atom. The van der Waals surface area contributed by atoms with Crippen molar-refractivity contribution in [1.29, 1.82) is 0 Å². The molecule has 0 N–H and O–H groups in total. The highest BCUT2D eigenvalue weighted by atomic mass is 19.4. The molecule has 3 rings (SSSR count). The van der Waals surface area contributed by atoms with E-state index in [1.54, 1.807) is 4.90 Å². The molecule has 0 bridgehead atoms. The first-order valence-corrected chi connectivity index (χ1v) is 8.80. The van der Waals surface area contributed by atoms with Crippen molar-refractivity contribution in [3.05, 3.63) is 35.4 Å². The minimum absolute atomic E-state index is 0.0407. The number of benzene rings is 1. The molecule has 144 valence electrons. The van der Waals surface area contributed by atoms with Crippen LogP contribution < -0.4 is 0 Å². The molecule has 0 saturated carbocycles. The lowest BCUT2D eigenvalue weighted by Gasteiger charge is -2.28. The molecule has 2 fully saturated rings. The third-order valence-electron chi connectivity index (χ3n) is 4.68. The monoisotopic (exact) mass is 372 g/mol. The van der Waals surface area contributed by atoms with Crippen LogP contribution in [0.15, 0.2) is 24.3 Å². The Labute approximate surface area is 150 Å². The van der Waals surface area contributed by atoms with Gasteiger partial charge in [0.05, 0.1) is 25.4 Å². The highest BCUT2D eigenvalue weighted by Crippen LogP contribution is 2.29. The summed E-state index contributed by atoms with van der Waals surface area (Å²) in [5.41, 5.74) is 0.199. The van der Waals surface area contributed by atoms with Crippen molar-refractivity contribution in [3.63, 3.8) is 0 Å². The van der Waals surface area contributed by atoms with Gasteiger partial charge in [0.15, 0.2) is 6.10 Å². The summed E-state index contributed by atoms with van der Waals surface area (Å²) in [6.07, 6.45) is -4.02. The van der Waals surface area contributed by atoms with E-state index in [9.17, 15) is 18.0 Å². The van der Waals surface area contributed by atoms with Gasteiger partial charge in [-0.1, -0.05) is 12.1 Å². The van der Waals surface area contributed by atoms with Crippen LogP contribution in [0.3, 0.4) is 0 Å². The molecule has 26 heavy (non-hydrogen) atoms. The third kappa shape index (κ3) is 4.96. The second-order valence-corrected chi connectivity index (χ2v) is 6.58. The zero-order valence-electron chi connectivity index (χ0n) is 14.5. The van der Waals surface area contributed by atoms with Gasteiger partial charge < -0.3 is 14.4 Å². The molecule has 0 radical (unpaired) electrons. The van der Waals surface area contributed by atoms with Crippen LogP contribution in [-0.4, -0.2) is 67.8 Å².